The first-order valence-corrected chi connectivity index (χ1v) is 11.7. The van der Waals surface area contributed by atoms with Gasteiger partial charge in [-0.2, -0.15) is 10.4 Å². The molecule has 3 aromatic rings. The average Bonchev–Trinajstić information content (AvgIpc) is 3.31. The molecule has 1 N–H and O–H groups in total. The maximum absolute atomic E-state index is 12.3. The van der Waals surface area contributed by atoms with Crippen LogP contribution in [0.3, 0.4) is 0 Å². The molecule has 2 heterocycles. The minimum atomic E-state index is -3.68. The monoisotopic (exact) mass is 444 g/mol. The van der Waals surface area contributed by atoms with E-state index >= 15 is 0 Å². The highest BCUT2D eigenvalue weighted by Gasteiger charge is 2.21. The van der Waals surface area contributed by atoms with Crippen molar-refractivity contribution in [1.82, 2.24) is 19.5 Å². The first kappa shape index (κ1) is 21.5. The van der Waals surface area contributed by atoms with Crippen molar-refractivity contribution >= 4 is 32.4 Å². The van der Waals surface area contributed by atoms with Crippen LogP contribution in [0.15, 0.2) is 42.7 Å². The summed E-state index contributed by atoms with van der Waals surface area (Å²) in [6.45, 7) is 3.32. The van der Waals surface area contributed by atoms with Gasteiger partial charge in [-0.3, -0.25) is 9.48 Å². The number of aryl methyl sites for hydroxylation is 1. The Labute approximate surface area is 178 Å². The largest absolute Gasteiger partial charge is 0.342 e. The molecular weight excluding hydrogens is 424 g/mol. The van der Waals surface area contributed by atoms with E-state index in [9.17, 15) is 13.2 Å². The van der Waals surface area contributed by atoms with E-state index in [1.165, 1.54) is 17.5 Å². The van der Waals surface area contributed by atoms with Crippen LogP contribution in [0.2, 0.25) is 0 Å². The number of sulfonamides is 1. The topological polar surface area (TPSA) is 121 Å². The number of nitriles is 1. The van der Waals surface area contributed by atoms with E-state index in [4.69, 9.17) is 5.26 Å². The molecule has 11 heteroatoms. The Kier molecular flexibility index (Phi) is 6.49. The molecule has 0 saturated carbocycles. The van der Waals surface area contributed by atoms with Crippen LogP contribution in [0.5, 0.6) is 0 Å². The Hall–Kier alpha value is -3.23. The van der Waals surface area contributed by atoms with Crippen LogP contribution >= 0.6 is 11.3 Å². The summed E-state index contributed by atoms with van der Waals surface area (Å²) in [4.78, 5) is 19.3. The van der Waals surface area contributed by atoms with E-state index in [1.807, 2.05) is 46.0 Å². The lowest BCUT2D eigenvalue weighted by Gasteiger charge is -2.22. The highest BCUT2D eigenvalue weighted by Crippen LogP contribution is 2.27. The van der Waals surface area contributed by atoms with E-state index in [0.717, 1.165) is 11.8 Å². The lowest BCUT2D eigenvalue weighted by atomic mass is 10.2. The van der Waals surface area contributed by atoms with Gasteiger partial charge in [0.25, 0.3) is 5.91 Å². The number of aromatic nitrogens is 3. The summed E-state index contributed by atoms with van der Waals surface area (Å²) in [6, 6.07) is 11.9. The number of benzene rings is 1. The van der Waals surface area contributed by atoms with Gasteiger partial charge in [0, 0.05) is 24.2 Å². The van der Waals surface area contributed by atoms with Crippen molar-refractivity contribution < 1.29 is 13.2 Å². The second-order valence-corrected chi connectivity index (χ2v) is 9.55. The third-order valence-corrected chi connectivity index (χ3v) is 5.71. The molecule has 30 heavy (non-hydrogen) atoms. The fourth-order valence-electron chi connectivity index (χ4n) is 2.76. The van der Waals surface area contributed by atoms with E-state index < -0.39 is 15.9 Å². The highest BCUT2D eigenvalue weighted by molar-refractivity contribution is 7.89. The molecule has 156 valence electrons. The van der Waals surface area contributed by atoms with Crippen molar-refractivity contribution in [3.05, 3.63) is 64.4 Å². The number of carbonyl (C=O) groups is 1. The Morgan fingerprint density at radius 2 is 2.07 bits per heavy atom. The summed E-state index contributed by atoms with van der Waals surface area (Å²) >= 11 is 1.32. The highest BCUT2D eigenvalue weighted by atomic mass is 32.2. The summed E-state index contributed by atoms with van der Waals surface area (Å²) in [5.41, 5.74) is 1.63. The molecule has 0 aliphatic carbocycles. The van der Waals surface area contributed by atoms with Crippen LogP contribution in [0.1, 0.15) is 26.5 Å². The zero-order valence-corrected chi connectivity index (χ0v) is 18.1. The predicted octanol–water partition coefficient (Wildman–Crippen LogP) is 1.92. The van der Waals surface area contributed by atoms with Gasteiger partial charge >= 0.3 is 0 Å². The molecule has 0 aliphatic rings. The number of nitrogens with one attached hydrogen (secondary N) is 1. The standard InChI is InChI=1S/C19H20N6O3S2/c1-14-17(18(26)23-30(2,27)28)22-19(29-14)24(12-15-6-4-3-5-7-15)8-9-25-13-16(10-20)11-21-25/h3-7,11,13H,8-9,12H2,1-2H3,(H,23,26). The fourth-order valence-corrected chi connectivity index (χ4v) is 4.12. The summed E-state index contributed by atoms with van der Waals surface area (Å²) in [7, 11) is -3.68. The first-order chi connectivity index (χ1) is 14.2. The van der Waals surface area contributed by atoms with Crippen LogP contribution in [0, 0.1) is 18.3 Å². The molecule has 3 rings (SSSR count). The van der Waals surface area contributed by atoms with Gasteiger partial charge in [-0.1, -0.05) is 30.3 Å². The minimum absolute atomic E-state index is 0.0874. The number of hydrogen-bond acceptors (Lipinski definition) is 8. The number of rotatable bonds is 8. The molecule has 0 unspecified atom stereocenters. The van der Waals surface area contributed by atoms with Crippen LogP contribution in [0.4, 0.5) is 5.13 Å². The Morgan fingerprint density at radius 3 is 2.70 bits per heavy atom. The van der Waals surface area contributed by atoms with Gasteiger partial charge in [-0.15, -0.1) is 11.3 Å². The summed E-state index contributed by atoms with van der Waals surface area (Å²) in [6.07, 6.45) is 4.09. The maximum Gasteiger partial charge on any atom is 0.284 e. The number of carbonyl (C=O) groups excluding carboxylic acids is 1. The Morgan fingerprint density at radius 1 is 1.33 bits per heavy atom. The molecule has 0 atom stereocenters. The quantitative estimate of drug-likeness (QED) is 0.563. The molecule has 1 amide bonds. The molecule has 0 aliphatic heterocycles. The van der Waals surface area contributed by atoms with Crippen molar-refractivity contribution in [1.29, 1.82) is 5.26 Å². The third-order valence-electron chi connectivity index (χ3n) is 4.13. The smallest absolute Gasteiger partial charge is 0.284 e. The normalized spacial score (nSPS) is 11.1. The SMILES string of the molecule is Cc1sc(N(CCn2cc(C#N)cn2)Cc2ccccc2)nc1C(=O)NS(C)(=O)=O. The summed E-state index contributed by atoms with van der Waals surface area (Å²) < 4.78 is 26.4. The summed E-state index contributed by atoms with van der Waals surface area (Å²) in [5, 5.41) is 13.7. The van der Waals surface area contributed by atoms with Gasteiger partial charge in [-0.25, -0.2) is 18.1 Å². The number of amides is 1. The van der Waals surface area contributed by atoms with Gasteiger partial charge in [-0.05, 0) is 12.5 Å². The molecule has 0 bridgehead atoms. The molecule has 0 fully saturated rings. The second-order valence-electron chi connectivity index (χ2n) is 6.62. The van der Waals surface area contributed by atoms with E-state index in [2.05, 4.69) is 10.1 Å². The van der Waals surface area contributed by atoms with Crippen molar-refractivity contribution in [2.45, 2.75) is 20.0 Å². The first-order valence-electron chi connectivity index (χ1n) is 8.96. The number of nitrogens with zero attached hydrogens (tertiary/aromatic N) is 5. The molecule has 2 aromatic heterocycles. The second kappa shape index (κ2) is 9.06. The molecule has 0 radical (unpaired) electrons. The lowest BCUT2D eigenvalue weighted by molar-refractivity contribution is 0.0977. The number of hydrogen-bond donors (Lipinski definition) is 1. The molecule has 0 spiro atoms. The average molecular weight is 445 g/mol. The predicted molar refractivity (Wildman–Crippen MR) is 114 cm³/mol. The van der Waals surface area contributed by atoms with Gasteiger partial charge in [0.05, 0.1) is 24.6 Å². The summed E-state index contributed by atoms with van der Waals surface area (Å²) in [5.74, 6) is -0.747. The van der Waals surface area contributed by atoms with Crippen LogP contribution < -0.4 is 9.62 Å². The molecular formula is C19H20N6O3S2. The zero-order chi connectivity index (χ0) is 21.7. The lowest BCUT2D eigenvalue weighted by Crippen LogP contribution is -2.30. The third kappa shape index (κ3) is 5.65. The number of thiazole rings is 1. The minimum Gasteiger partial charge on any atom is -0.342 e. The van der Waals surface area contributed by atoms with Crippen LogP contribution in [-0.2, 0) is 23.1 Å². The van der Waals surface area contributed by atoms with E-state index in [-0.39, 0.29) is 5.69 Å². The van der Waals surface area contributed by atoms with Crippen molar-refractivity contribution in [2.24, 2.45) is 0 Å². The van der Waals surface area contributed by atoms with E-state index in [1.54, 1.807) is 17.8 Å². The van der Waals surface area contributed by atoms with Crippen LogP contribution in [0.25, 0.3) is 0 Å². The maximum atomic E-state index is 12.3. The van der Waals surface area contributed by atoms with Gasteiger partial charge in [0.1, 0.15) is 11.8 Å². The van der Waals surface area contributed by atoms with Crippen LogP contribution in [-0.4, -0.2) is 41.9 Å². The molecule has 1 aromatic carbocycles. The van der Waals surface area contributed by atoms with Gasteiger partial charge < -0.3 is 4.90 Å². The van der Waals surface area contributed by atoms with E-state index in [0.29, 0.717) is 35.2 Å². The van der Waals surface area contributed by atoms with Crippen molar-refractivity contribution in [3.63, 3.8) is 0 Å². The Balaban J connectivity index is 1.84. The van der Waals surface area contributed by atoms with Gasteiger partial charge in [0.2, 0.25) is 10.0 Å². The van der Waals surface area contributed by atoms with Crippen molar-refractivity contribution in [3.8, 4) is 6.07 Å². The number of anilines is 1. The van der Waals surface area contributed by atoms with Gasteiger partial charge in [0.15, 0.2) is 5.13 Å². The Bertz CT molecular complexity index is 1180. The fraction of sp³-hybridized carbons (Fsp3) is 0.263. The molecule has 0 saturated heterocycles. The zero-order valence-electron chi connectivity index (χ0n) is 16.4. The van der Waals surface area contributed by atoms with Crippen molar-refractivity contribution in [2.75, 3.05) is 17.7 Å². The molecule has 9 nitrogen and oxygen atoms in total.